The Morgan fingerprint density at radius 1 is 1.06 bits per heavy atom. The number of rotatable bonds is 5. The Kier molecular flexibility index (Phi) is 8.89. The van der Waals surface area contributed by atoms with Crippen molar-refractivity contribution in [2.24, 2.45) is 11.8 Å². The smallest absolute Gasteiger partial charge is 0.410 e. The summed E-state index contributed by atoms with van der Waals surface area (Å²) in [6.45, 7) is 13.1. The maximum atomic E-state index is 13.6. The molecule has 0 radical (unpaired) electrons. The molecule has 8 heteroatoms. The van der Waals surface area contributed by atoms with Gasteiger partial charge in [0.15, 0.2) is 0 Å². The normalized spacial score (nSPS) is 21.7. The van der Waals surface area contributed by atoms with Crippen molar-refractivity contribution in [1.82, 2.24) is 4.90 Å². The lowest BCUT2D eigenvalue weighted by atomic mass is 9.82. The Bertz CT molecular complexity index is 903. The zero-order chi connectivity index (χ0) is 25.9. The number of thiophene rings is 1. The minimum atomic E-state index is -0.519. The van der Waals surface area contributed by atoms with Crippen LogP contribution in [0, 0.1) is 11.8 Å². The molecule has 1 saturated heterocycles. The van der Waals surface area contributed by atoms with Gasteiger partial charge in [0.25, 0.3) is 0 Å². The van der Waals surface area contributed by atoms with Crippen molar-refractivity contribution in [3.8, 4) is 0 Å². The van der Waals surface area contributed by atoms with Crippen LogP contribution in [0.3, 0.4) is 0 Å². The fourth-order valence-corrected chi connectivity index (χ4v) is 6.46. The summed E-state index contributed by atoms with van der Waals surface area (Å²) in [4.78, 5) is 43.5. The molecule has 2 amide bonds. The number of carbonyl (C=O) groups is 3. The van der Waals surface area contributed by atoms with Crippen LogP contribution in [0.15, 0.2) is 6.07 Å². The molecule has 0 atom stereocenters. The maximum Gasteiger partial charge on any atom is 0.410 e. The number of anilines is 1. The van der Waals surface area contributed by atoms with Gasteiger partial charge in [0, 0.05) is 29.9 Å². The molecule has 2 fully saturated rings. The molecule has 1 saturated carbocycles. The van der Waals surface area contributed by atoms with Crippen LogP contribution in [0.5, 0.6) is 0 Å². The molecule has 1 aromatic heterocycles. The minimum absolute atomic E-state index is 0.00159. The lowest BCUT2D eigenvalue weighted by Gasteiger charge is -2.33. The van der Waals surface area contributed by atoms with E-state index in [-0.39, 0.29) is 29.9 Å². The fraction of sp³-hybridized carbons (Fsp3) is 0.741. The SMILES string of the molecule is COC(=O)c1cc(C2CCN(C(=O)OC(C)(C)C)CC2)sc1N(C(=O)[C@H]1CC[C@H](C)CC1)C(C)C. The van der Waals surface area contributed by atoms with Crippen molar-refractivity contribution in [2.75, 3.05) is 25.1 Å². The van der Waals surface area contributed by atoms with Crippen LogP contribution in [0.4, 0.5) is 9.80 Å². The third-order valence-corrected chi connectivity index (χ3v) is 8.32. The second-order valence-corrected chi connectivity index (χ2v) is 12.4. The van der Waals surface area contributed by atoms with Gasteiger partial charge in [-0.1, -0.05) is 6.92 Å². The molecule has 1 aliphatic heterocycles. The van der Waals surface area contributed by atoms with E-state index in [9.17, 15) is 14.4 Å². The fourth-order valence-electron chi connectivity index (χ4n) is 5.00. The lowest BCUT2D eigenvalue weighted by molar-refractivity contribution is -0.123. The van der Waals surface area contributed by atoms with Gasteiger partial charge in [0.05, 0.1) is 12.7 Å². The van der Waals surface area contributed by atoms with Gasteiger partial charge in [-0.2, -0.15) is 0 Å². The van der Waals surface area contributed by atoms with E-state index < -0.39 is 11.6 Å². The maximum absolute atomic E-state index is 13.6. The molecule has 2 heterocycles. The van der Waals surface area contributed by atoms with Gasteiger partial charge >= 0.3 is 12.1 Å². The summed E-state index contributed by atoms with van der Waals surface area (Å²) < 4.78 is 10.6. The van der Waals surface area contributed by atoms with Crippen molar-refractivity contribution >= 4 is 34.3 Å². The quantitative estimate of drug-likeness (QED) is 0.443. The van der Waals surface area contributed by atoms with Crippen molar-refractivity contribution in [2.45, 2.75) is 97.6 Å². The van der Waals surface area contributed by atoms with Crippen molar-refractivity contribution in [3.05, 3.63) is 16.5 Å². The second-order valence-electron chi connectivity index (χ2n) is 11.4. The van der Waals surface area contributed by atoms with Crippen molar-refractivity contribution in [3.63, 3.8) is 0 Å². The van der Waals surface area contributed by atoms with Crippen LogP contribution in [0.1, 0.15) is 101 Å². The Balaban J connectivity index is 1.81. The molecule has 196 valence electrons. The first-order valence-electron chi connectivity index (χ1n) is 12.9. The zero-order valence-corrected chi connectivity index (χ0v) is 23.2. The molecule has 0 spiro atoms. The highest BCUT2D eigenvalue weighted by Crippen LogP contribution is 2.42. The van der Waals surface area contributed by atoms with E-state index in [1.165, 1.54) is 18.4 Å². The summed E-state index contributed by atoms with van der Waals surface area (Å²) in [5.41, 5.74) is -0.0526. The Morgan fingerprint density at radius 2 is 1.66 bits per heavy atom. The Morgan fingerprint density at radius 3 is 2.17 bits per heavy atom. The van der Waals surface area contributed by atoms with Gasteiger partial charge in [-0.15, -0.1) is 11.3 Å². The van der Waals surface area contributed by atoms with E-state index in [1.54, 1.807) is 4.90 Å². The Hall–Kier alpha value is -2.09. The summed E-state index contributed by atoms with van der Waals surface area (Å²) in [7, 11) is 1.38. The summed E-state index contributed by atoms with van der Waals surface area (Å²) in [5.74, 6) is 0.587. The molecule has 2 aliphatic rings. The van der Waals surface area contributed by atoms with Crippen LogP contribution in [0.25, 0.3) is 0 Å². The van der Waals surface area contributed by atoms with Crippen molar-refractivity contribution in [1.29, 1.82) is 0 Å². The largest absolute Gasteiger partial charge is 0.465 e. The third kappa shape index (κ3) is 6.78. The van der Waals surface area contributed by atoms with E-state index in [0.717, 1.165) is 43.4 Å². The molecule has 3 rings (SSSR count). The molecule has 0 N–H and O–H groups in total. The van der Waals surface area contributed by atoms with Gasteiger partial charge in [-0.3, -0.25) is 4.79 Å². The topological polar surface area (TPSA) is 76.2 Å². The number of amides is 2. The van der Waals surface area contributed by atoms with E-state index in [0.29, 0.717) is 29.6 Å². The Labute approximate surface area is 214 Å². The van der Waals surface area contributed by atoms with Crippen LogP contribution in [-0.4, -0.2) is 54.7 Å². The number of hydrogen-bond donors (Lipinski definition) is 0. The molecule has 0 bridgehead atoms. The molecule has 0 aromatic carbocycles. The van der Waals surface area contributed by atoms with Crippen LogP contribution in [0.2, 0.25) is 0 Å². The molecule has 1 aromatic rings. The van der Waals surface area contributed by atoms with Gasteiger partial charge in [0.1, 0.15) is 10.6 Å². The molecule has 0 unspecified atom stereocenters. The van der Waals surface area contributed by atoms with Gasteiger partial charge in [0.2, 0.25) is 5.91 Å². The average Bonchev–Trinajstić information content (AvgIpc) is 3.22. The first-order chi connectivity index (χ1) is 16.4. The van der Waals surface area contributed by atoms with E-state index in [4.69, 9.17) is 9.47 Å². The number of likely N-dealkylation sites (tertiary alicyclic amines) is 1. The molecule has 1 aliphatic carbocycles. The number of methoxy groups -OCH3 is 1. The second kappa shape index (κ2) is 11.3. The lowest BCUT2D eigenvalue weighted by Crippen LogP contribution is -2.42. The van der Waals surface area contributed by atoms with Gasteiger partial charge < -0.3 is 19.3 Å². The van der Waals surface area contributed by atoms with Gasteiger partial charge in [-0.05, 0) is 91.0 Å². The monoisotopic (exact) mass is 506 g/mol. The number of ether oxygens (including phenoxy) is 2. The average molecular weight is 507 g/mol. The van der Waals surface area contributed by atoms with Crippen LogP contribution >= 0.6 is 11.3 Å². The molecule has 7 nitrogen and oxygen atoms in total. The summed E-state index contributed by atoms with van der Waals surface area (Å²) in [6.07, 6.45) is 5.23. The van der Waals surface area contributed by atoms with E-state index >= 15 is 0 Å². The predicted molar refractivity (Wildman–Crippen MR) is 139 cm³/mol. The number of carbonyl (C=O) groups excluding carboxylic acids is 3. The third-order valence-electron chi connectivity index (χ3n) is 7.02. The standard InChI is InChI=1S/C27H42N2O5S/c1-17(2)29(23(30)20-10-8-18(3)9-11-20)24-21(25(31)33-7)16-22(35-24)19-12-14-28(15-13-19)26(32)34-27(4,5)6/h16-20H,8-15H2,1-7H3/t18-,20-. The van der Waals surface area contributed by atoms with Crippen LogP contribution < -0.4 is 4.90 Å². The molecule has 35 heavy (non-hydrogen) atoms. The first-order valence-corrected chi connectivity index (χ1v) is 13.8. The number of hydrogen-bond acceptors (Lipinski definition) is 6. The molecular weight excluding hydrogens is 464 g/mol. The first kappa shape index (κ1) is 27.5. The summed E-state index contributed by atoms with van der Waals surface area (Å²) in [6, 6.07) is 1.84. The van der Waals surface area contributed by atoms with E-state index in [2.05, 4.69) is 6.92 Å². The highest BCUT2D eigenvalue weighted by atomic mass is 32.1. The van der Waals surface area contributed by atoms with Gasteiger partial charge in [-0.25, -0.2) is 9.59 Å². The summed E-state index contributed by atoms with van der Waals surface area (Å²) >= 11 is 1.53. The highest BCUT2D eigenvalue weighted by Gasteiger charge is 2.35. The predicted octanol–water partition coefficient (Wildman–Crippen LogP) is 6.22. The minimum Gasteiger partial charge on any atom is -0.465 e. The van der Waals surface area contributed by atoms with Crippen LogP contribution in [-0.2, 0) is 14.3 Å². The van der Waals surface area contributed by atoms with E-state index in [1.807, 2.05) is 45.6 Å². The number of nitrogens with zero attached hydrogens (tertiary/aromatic N) is 2. The number of esters is 1. The van der Waals surface area contributed by atoms with Crippen molar-refractivity contribution < 1.29 is 23.9 Å². The number of piperidine rings is 1. The molecular formula is C27H42N2O5S. The zero-order valence-electron chi connectivity index (χ0n) is 22.4. The summed E-state index contributed by atoms with van der Waals surface area (Å²) in [5, 5.41) is 0.694. The highest BCUT2D eigenvalue weighted by molar-refractivity contribution is 7.16.